The Labute approximate surface area is 370 Å². The minimum Gasteiger partial charge on any atom is -0.456 e. The van der Waals surface area contributed by atoms with E-state index in [9.17, 15) is 0 Å². The third kappa shape index (κ3) is 5.41. The molecule has 0 unspecified atom stereocenters. The van der Waals surface area contributed by atoms with Crippen molar-refractivity contribution in [2.75, 3.05) is 4.90 Å². The summed E-state index contributed by atoms with van der Waals surface area (Å²) < 4.78 is 13.7. The van der Waals surface area contributed by atoms with Crippen LogP contribution in [-0.4, -0.2) is 0 Å². The standard InChI is InChI=1S/C61H39NO2/c1-5-18-40(19-6-1)42-22-17-27-45(36-42)62(46-32-34-49-48-28-13-15-30-53(48)61(54(49)37-46,43-23-9-3-10-24-43)44-25-11-4-12-26-44)47-33-35-50-52-39-57-59(51-29-14-16-31-55(51)63-57)58(41-20-7-2-8-21-41)60(52)64-56(50)38-47/h1-39H. The largest absolute Gasteiger partial charge is 0.456 e. The van der Waals surface area contributed by atoms with Crippen LogP contribution in [0.25, 0.3) is 77.3 Å². The first-order valence-electron chi connectivity index (χ1n) is 21.9. The summed E-state index contributed by atoms with van der Waals surface area (Å²) in [6.07, 6.45) is 0. The molecule has 64 heavy (non-hydrogen) atoms. The monoisotopic (exact) mass is 817 g/mol. The summed E-state index contributed by atoms with van der Waals surface area (Å²) in [5.41, 5.74) is 17.9. The fraction of sp³-hybridized carbons (Fsp3) is 0.0164. The van der Waals surface area contributed by atoms with Crippen LogP contribution in [0.2, 0.25) is 0 Å². The molecule has 10 aromatic carbocycles. The molecule has 0 fully saturated rings. The number of hydrogen-bond acceptors (Lipinski definition) is 3. The van der Waals surface area contributed by atoms with Crippen LogP contribution in [0.4, 0.5) is 17.1 Å². The summed E-state index contributed by atoms with van der Waals surface area (Å²) in [5, 5.41) is 4.19. The number of anilines is 3. The smallest absolute Gasteiger partial charge is 0.144 e. The summed E-state index contributed by atoms with van der Waals surface area (Å²) in [6.45, 7) is 0. The van der Waals surface area contributed by atoms with Gasteiger partial charge in [-0.15, -0.1) is 0 Å². The van der Waals surface area contributed by atoms with Gasteiger partial charge in [-0.1, -0.05) is 182 Å². The Morgan fingerprint density at radius 3 is 1.69 bits per heavy atom. The van der Waals surface area contributed by atoms with E-state index in [1.807, 2.05) is 12.1 Å². The highest BCUT2D eigenvalue weighted by atomic mass is 16.3. The topological polar surface area (TPSA) is 29.5 Å². The lowest BCUT2D eigenvalue weighted by Gasteiger charge is -2.35. The summed E-state index contributed by atoms with van der Waals surface area (Å²) in [4.78, 5) is 2.39. The van der Waals surface area contributed by atoms with Gasteiger partial charge < -0.3 is 13.7 Å². The molecule has 0 spiro atoms. The SMILES string of the molecule is c1ccc(-c2cccc(N(c3ccc4c(c3)C(c3ccccc3)(c3ccccc3)c3ccccc3-4)c3ccc4c(c3)oc3c(-c5ccccc5)c5c(cc34)oc3ccccc35)c2)cc1. The maximum atomic E-state index is 7.12. The van der Waals surface area contributed by atoms with E-state index < -0.39 is 5.41 Å². The lowest BCUT2D eigenvalue weighted by Crippen LogP contribution is -2.28. The number of furan rings is 2. The Hall–Kier alpha value is -8.40. The molecule has 2 heterocycles. The fourth-order valence-electron chi connectivity index (χ4n) is 10.6. The molecule has 0 atom stereocenters. The molecular weight excluding hydrogens is 779 g/mol. The van der Waals surface area contributed by atoms with Crippen molar-refractivity contribution in [3.63, 3.8) is 0 Å². The van der Waals surface area contributed by atoms with Gasteiger partial charge >= 0.3 is 0 Å². The zero-order chi connectivity index (χ0) is 42.2. The molecule has 0 saturated heterocycles. The normalized spacial score (nSPS) is 12.8. The quantitative estimate of drug-likeness (QED) is 0.160. The molecule has 3 nitrogen and oxygen atoms in total. The lowest BCUT2D eigenvalue weighted by atomic mass is 9.67. The minimum absolute atomic E-state index is 0.542. The van der Waals surface area contributed by atoms with E-state index >= 15 is 0 Å². The van der Waals surface area contributed by atoms with Crippen LogP contribution in [0.15, 0.2) is 245 Å². The molecule has 3 heteroatoms. The van der Waals surface area contributed by atoms with E-state index in [0.29, 0.717) is 0 Å². The highest BCUT2D eigenvalue weighted by molar-refractivity contribution is 6.23. The van der Waals surface area contributed by atoms with E-state index in [-0.39, 0.29) is 0 Å². The number of para-hydroxylation sites is 1. The number of benzene rings is 10. The minimum atomic E-state index is -0.542. The number of nitrogens with zero attached hydrogens (tertiary/aromatic N) is 1. The van der Waals surface area contributed by atoms with E-state index in [2.05, 4.69) is 229 Å². The second-order valence-electron chi connectivity index (χ2n) is 16.8. The fourth-order valence-corrected chi connectivity index (χ4v) is 10.6. The molecule has 0 bridgehead atoms. The summed E-state index contributed by atoms with van der Waals surface area (Å²) in [6, 6.07) is 85.1. The second kappa shape index (κ2) is 14.3. The Morgan fingerprint density at radius 1 is 0.328 bits per heavy atom. The van der Waals surface area contributed by atoms with Gasteiger partial charge in [-0.3, -0.25) is 0 Å². The van der Waals surface area contributed by atoms with E-state index in [4.69, 9.17) is 8.83 Å². The van der Waals surface area contributed by atoms with Gasteiger partial charge in [-0.25, -0.2) is 0 Å². The van der Waals surface area contributed by atoms with Gasteiger partial charge in [0.1, 0.15) is 22.3 Å². The average molecular weight is 818 g/mol. The van der Waals surface area contributed by atoms with Crippen LogP contribution in [-0.2, 0) is 5.41 Å². The average Bonchev–Trinajstić information content (AvgIpc) is 4.02. The van der Waals surface area contributed by atoms with Crippen molar-refractivity contribution in [3.05, 3.63) is 259 Å². The van der Waals surface area contributed by atoms with Crippen molar-refractivity contribution in [2.24, 2.45) is 0 Å². The molecule has 0 radical (unpaired) electrons. The van der Waals surface area contributed by atoms with Crippen LogP contribution >= 0.6 is 0 Å². The first-order valence-corrected chi connectivity index (χ1v) is 21.9. The maximum absolute atomic E-state index is 7.12. The Kier molecular flexibility index (Phi) is 8.13. The van der Waals surface area contributed by atoms with Gasteiger partial charge in [-0.05, 0) is 98.6 Å². The number of rotatable bonds is 7. The summed E-state index contributed by atoms with van der Waals surface area (Å²) >= 11 is 0. The molecule has 13 rings (SSSR count). The van der Waals surface area contributed by atoms with Crippen LogP contribution in [0, 0.1) is 0 Å². The zero-order valence-corrected chi connectivity index (χ0v) is 34.8. The van der Waals surface area contributed by atoms with Gasteiger partial charge in [0, 0.05) is 50.2 Å². The molecule has 1 aliphatic carbocycles. The maximum Gasteiger partial charge on any atom is 0.144 e. The van der Waals surface area contributed by atoms with Gasteiger partial charge in [-0.2, -0.15) is 0 Å². The number of fused-ring (bicyclic) bond motifs is 9. The highest BCUT2D eigenvalue weighted by Gasteiger charge is 2.46. The van der Waals surface area contributed by atoms with Crippen molar-refractivity contribution < 1.29 is 8.83 Å². The third-order valence-electron chi connectivity index (χ3n) is 13.3. The number of hydrogen-bond donors (Lipinski definition) is 0. The molecule has 2 aromatic heterocycles. The second-order valence-corrected chi connectivity index (χ2v) is 16.8. The molecular formula is C61H39NO2. The third-order valence-corrected chi connectivity index (χ3v) is 13.3. The molecule has 0 N–H and O–H groups in total. The summed E-state index contributed by atoms with van der Waals surface area (Å²) in [5.74, 6) is 0. The first-order chi connectivity index (χ1) is 31.7. The van der Waals surface area contributed by atoms with Gasteiger partial charge in [0.05, 0.1) is 5.41 Å². The first kappa shape index (κ1) is 36.3. The Bertz CT molecular complexity index is 3680. The molecule has 0 amide bonds. The van der Waals surface area contributed by atoms with Crippen LogP contribution in [0.1, 0.15) is 22.3 Å². The van der Waals surface area contributed by atoms with E-state index in [1.165, 1.54) is 38.9 Å². The van der Waals surface area contributed by atoms with E-state index in [1.54, 1.807) is 0 Å². The molecule has 0 saturated carbocycles. The Morgan fingerprint density at radius 2 is 0.922 bits per heavy atom. The molecule has 0 aliphatic heterocycles. The predicted molar refractivity (Wildman–Crippen MR) is 264 cm³/mol. The van der Waals surface area contributed by atoms with Crippen LogP contribution in [0.5, 0.6) is 0 Å². The lowest BCUT2D eigenvalue weighted by molar-refractivity contribution is 0.664. The van der Waals surface area contributed by atoms with Crippen molar-refractivity contribution in [2.45, 2.75) is 5.41 Å². The summed E-state index contributed by atoms with van der Waals surface area (Å²) in [7, 11) is 0. The van der Waals surface area contributed by atoms with Crippen LogP contribution < -0.4 is 4.90 Å². The Balaban J connectivity index is 1.07. The van der Waals surface area contributed by atoms with Crippen LogP contribution in [0.3, 0.4) is 0 Å². The van der Waals surface area contributed by atoms with Crippen molar-refractivity contribution in [3.8, 4) is 33.4 Å². The van der Waals surface area contributed by atoms with Gasteiger partial charge in [0.15, 0.2) is 0 Å². The molecule has 1 aliphatic rings. The van der Waals surface area contributed by atoms with E-state index in [0.717, 1.165) is 77.6 Å². The molecule has 300 valence electrons. The van der Waals surface area contributed by atoms with Gasteiger partial charge in [0.2, 0.25) is 0 Å². The zero-order valence-electron chi connectivity index (χ0n) is 34.8. The van der Waals surface area contributed by atoms with Gasteiger partial charge in [0.25, 0.3) is 0 Å². The molecule has 12 aromatic rings. The van der Waals surface area contributed by atoms with Crippen molar-refractivity contribution in [1.82, 2.24) is 0 Å². The predicted octanol–water partition coefficient (Wildman–Crippen LogP) is 16.7. The van der Waals surface area contributed by atoms with Crippen molar-refractivity contribution >= 4 is 60.9 Å². The highest BCUT2D eigenvalue weighted by Crippen LogP contribution is 2.57. The van der Waals surface area contributed by atoms with Crippen molar-refractivity contribution in [1.29, 1.82) is 0 Å².